The summed E-state index contributed by atoms with van der Waals surface area (Å²) in [7, 11) is 0. The van der Waals surface area contributed by atoms with Crippen LogP contribution in [0.2, 0.25) is 0 Å². The number of nitrogen functional groups attached to an aromatic ring is 1. The normalized spacial score (nSPS) is 12.3. The standard InChI is InChI=1S/C12H20N4O3/c1-8(2)3-12(17)7-14-9-4-10(15-13)6-11(5-9)16(18)19/h4-6,8,12,14-15,17H,3,7,13H2,1-2H3. The van der Waals surface area contributed by atoms with Crippen molar-refractivity contribution in [2.75, 3.05) is 17.3 Å². The Labute approximate surface area is 111 Å². The van der Waals surface area contributed by atoms with Gasteiger partial charge >= 0.3 is 0 Å². The van der Waals surface area contributed by atoms with Crippen molar-refractivity contribution in [3.05, 3.63) is 28.3 Å². The smallest absolute Gasteiger partial charge is 0.273 e. The van der Waals surface area contributed by atoms with E-state index in [1.807, 2.05) is 13.8 Å². The van der Waals surface area contributed by atoms with Gasteiger partial charge in [-0.05, 0) is 18.4 Å². The van der Waals surface area contributed by atoms with Gasteiger partial charge in [-0.25, -0.2) is 0 Å². The molecule has 7 heteroatoms. The number of non-ortho nitro benzene ring substituents is 1. The second kappa shape index (κ2) is 6.91. The van der Waals surface area contributed by atoms with Crippen LogP contribution in [-0.4, -0.2) is 22.7 Å². The summed E-state index contributed by atoms with van der Waals surface area (Å²) in [6.07, 6.45) is 0.178. The molecule has 1 unspecified atom stereocenters. The Morgan fingerprint density at radius 3 is 2.53 bits per heavy atom. The molecule has 0 aliphatic heterocycles. The first-order chi connectivity index (χ1) is 8.92. The Morgan fingerprint density at radius 1 is 1.37 bits per heavy atom. The molecule has 0 saturated heterocycles. The summed E-state index contributed by atoms with van der Waals surface area (Å²) in [5, 5.41) is 23.5. The van der Waals surface area contributed by atoms with Crippen LogP contribution in [0.5, 0.6) is 0 Å². The Kier molecular flexibility index (Phi) is 5.53. The van der Waals surface area contributed by atoms with Crippen LogP contribution < -0.4 is 16.6 Å². The van der Waals surface area contributed by atoms with Gasteiger partial charge in [-0.1, -0.05) is 13.8 Å². The largest absolute Gasteiger partial charge is 0.391 e. The second-order valence-corrected chi connectivity index (χ2v) is 4.83. The highest BCUT2D eigenvalue weighted by Gasteiger charge is 2.11. The van der Waals surface area contributed by atoms with Gasteiger partial charge in [-0.2, -0.15) is 0 Å². The highest BCUT2D eigenvalue weighted by Crippen LogP contribution is 2.23. The summed E-state index contributed by atoms with van der Waals surface area (Å²) in [6, 6.07) is 4.40. The van der Waals surface area contributed by atoms with E-state index in [0.29, 0.717) is 30.3 Å². The van der Waals surface area contributed by atoms with E-state index in [1.54, 1.807) is 6.07 Å². The molecular formula is C12H20N4O3. The average Bonchev–Trinajstić information content (AvgIpc) is 2.35. The maximum atomic E-state index is 10.8. The van der Waals surface area contributed by atoms with Gasteiger partial charge in [0, 0.05) is 24.4 Å². The van der Waals surface area contributed by atoms with E-state index in [9.17, 15) is 15.2 Å². The van der Waals surface area contributed by atoms with E-state index in [4.69, 9.17) is 5.84 Å². The number of anilines is 2. The fraction of sp³-hybridized carbons (Fsp3) is 0.500. The van der Waals surface area contributed by atoms with Gasteiger partial charge in [0.1, 0.15) is 0 Å². The molecule has 1 atom stereocenters. The highest BCUT2D eigenvalue weighted by molar-refractivity contribution is 5.63. The molecule has 0 spiro atoms. The zero-order valence-corrected chi connectivity index (χ0v) is 11.1. The molecule has 1 rings (SSSR count). The van der Waals surface area contributed by atoms with E-state index in [1.165, 1.54) is 12.1 Å². The number of nitro benzene ring substituents is 1. The molecule has 0 aliphatic carbocycles. The third kappa shape index (κ3) is 5.11. The van der Waals surface area contributed by atoms with Crippen molar-refractivity contribution in [1.82, 2.24) is 0 Å². The first-order valence-electron chi connectivity index (χ1n) is 6.10. The molecule has 0 fully saturated rings. The number of rotatable bonds is 7. The molecule has 7 nitrogen and oxygen atoms in total. The van der Waals surface area contributed by atoms with Crippen molar-refractivity contribution >= 4 is 17.1 Å². The Hall–Kier alpha value is -1.86. The number of nitrogens with one attached hydrogen (secondary N) is 2. The van der Waals surface area contributed by atoms with Gasteiger partial charge in [-0.3, -0.25) is 16.0 Å². The lowest BCUT2D eigenvalue weighted by molar-refractivity contribution is -0.384. The molecule has 0 radical (unpaired) electrons. The maximum absolute atomic E-state index is 10.8. The molecule has 0 heterocycles. The summed E-state index contributed by atoms with van der Waals surface area (Å²) < 4.78 is 0. The van der Waals surface area contributed by atoms with Gasteiger partial charge in [0.05, 0.1) is 16.7 Å². The fourth-order valence-electron chi connectivity index (χ4n) is 1.77. The molecule has 0 bridgehead atoms. The fourth-order valence-corrected chi connectivity index (χ4v) is 1.77. The molecule has 106 valence electrons. The molecule has 1 aromatic rings. The minimum atomic E-state index is -0.492. The first-order valence-corrected chi connectivity index (χ1v) is 6.10. The van der Waals surface area contributed by atoms with Gasteiger partial charge in [-0.15, -0.1) is 0 Å². The van der Waals surface area contributed by atoms with Crippen molar-refractivity contribution in [2.24, 2.45) is 11.8 Å². The number of hydrogen-bond donors (Lipinski definition) is 4. The molecule has 0 aromatic heterocycles. The van der Waals surface area contributed by atoms with Crippen LogP contribution in [0, 0.1) is 16.0 Å². The quantitative estimate of drug-likeness (QED) is 0.340. The van der Waals surface area contributed by atoms with Crippen LogP contribution in [0.25, 0.3) is 0 Å². The summed E-state index contributed by atoms with van der Waals surface area (Å²) >= 11 is 0. The molecule has 0 aliphatic rings. The van der Waals surface area contributed by atoms with Gasteiger partial charge in [0.25, 0.3) is 5.69 Å². The summed E-state index contributed by atoms with van der Waals surface area (Å²) in [5.74, 6) is 5.65. The highest BCUT2D eigenvalue weighted by atomic mass is 16.6. The number of benzene rings is 1. The number of nitrogens with zero attached hydrogens (tertiary/aromatic N) is 1. The molecule has 0 amide bonds. The van der Waals surface area contributed by atoms with Crippen molar-refractivity contribution in [3.8, 4) is 0 Å². The van der Waals surface area contributed by atoms with Crippen LogP contribution in [0.3, 0.4) is 0 Å². The predicted molar refractivity (Wildman–Crippen MR) is 74.9 cm³/mol. The lowest BCUT2D eigenvalue weighted by Crippen LogP contribution is -2.21. The van der Waals surface area contributed by atoms with Crippen molar-refractivity contribution in [3.63, 3.8) is 0 Å². The van der Waals surface area contributed by atoms with Crippen molar-refractivity contribution in [1.29, 1.82) is 0 Å². The van der Waals surface area contributed by atoms with Crippen LogP contribution in [-0.2, 0) is 0 Å². The molecule has 19 heavy (non-hydrogen) atoms. The first kappa shape index (κ1) is 15.2. The lowest BCUT2D eigenvalue weighted by atomic mass is 10.1. The molecule has 5 N–H and O–H groups in total. The van der Waals surface area contributed by atoms with Crippen molar-refractivity contribution in [2.45, 2.75) is 26.4 Å². The SMILES string of the molecule is CC(C)CC(O)CNc1cc(NN)cc([N+](=O)[O-])c1. The number of aliphatic hydroxyl groups is 1. The maximum Gasteiger partial charge on any atom is 0.273 e. The lowest BCUT2D eigenvalue weighted by Gasteiger charge is -2.15. The van der Waals surface area contributed by atoms with Crippen LogP contribution >= 0.6 is 0 Å². The van der Waals surface area contributed by atoms with Gasteiger partial charge in [0.15, 0.2) is 0 Å². The van der Waals surface area contributed by atoms with Gasteiger partial charge in [0.2, 0.25) is 0 Å². The molecular weight excluding hydrogens is 248 g/mol. The number of hydrazine groups is 1. The molecule has 1 aromatic carbocycles. The van der Waals surface area contributed by atoms with E-state index in [0.717, 1.165) is 0 Å². The van der Waals surface area contributed by atoms with E-state index in [2.05, 4.69) is 10.7 Å². The average molecular weight is 268 g/mol. The van der Waals surface area contributed by atoms with Crippen LogP contribution in [0.1, 0.15) is 20.3 Å². The second-order valence-electron chi connectivity index (χ2n) is 4.83. The van der Waals surface area contributed by atoms with Gasteiger partial charge < -0.3 is 15.8 Å². The summed E-state index contributed by atoms with van der Waals surface area (Å²) in [4.78, 5) is 10.3. The third-order valence-corrected chi connectivity index (χ3v) is 2.58. The predicted octanol–water partition coefficient (Wildman–Crippen LogP) is 1.70. The van der Waals surface area contributed by atoms with E-state index >= 15 is 0 Å². The van der Waals surface area contributed by atoms with E-state index in [-0.39, 0.29) is 5.69 Å². The number of hydrogen-bond acceptors (Lipinski definition) is 6. The Morgan fingerprint density at radius 2 is 2.00 bits per heavy atom. The monoisotopic (exact) mass is 268 g/mol. The summed E-state index contributed by atoms with van der Waals surface area (Å²) in [6.45, 7) is 4.38. The number of aliphatic hydroxyl groups excluding tert-OH is 1. The third-order valence-electron chi connectivity index (χ3n) is 2.58. The summed E-state index contributed by atoms with van der Waals surface area (Å²) in [5.41, 5.74) is 3.30. The zero-order valence-electron chi connectivity index (χ0n) is 11.1. The Bertz CT molecular complexity index is 437. The van der Waals surface area contributed by atoms with Crippen LogP contribution in [0.4, 0.5) is 17.1 Å². The minimum Gasteiger partial charge on any atom is -0.391 e. The topological polar surface area (TPSA) is 113 Å². The Balaban J connectivity index is 2.72. The molecule has 0 saturated carbocycles. The zero-order chi connectivity index (χ0) is 14.4. The van der Waals surface area contributed by atoms with Crippen LogP contribution in [0.15, 0.2) is 18.2 Å². The van der Waals surface area contributed by atoms with Crippen molar-refractivity contribution < 1.29 is 10.0 Å². The number of nitrogens with two attached hydrogens (primary N) is 1. The number of nitro groups is 1. The minimum absolute atomic E-state index is 0.0590. The van der Waals surface area contributed by atoms with E-state index < -0.39 is 11.0 Å².